The van der Waals surface area contributed by atoms with Crippen LogP contribution in [0.15, 0.2) is 12.4 Å². The first kappa shape index (κ1) is 10.4. The van der Waals surface area contributed by atoms with Crippen molar-refractivity contribution in [1.82, 2.24) is 14.9 Å². The van der Waals surface area contributed by atoms with Gasteiger partial charge in [0, 0.05) is 18.8 Å². The van der Waals surface area contributed by atoms with Gasteiger partial charge in [0.05, 0.1) is 6.04 Å². The molecular formula is C11H17N3O. The Labute approximate surface area is 89.7 Å². The number of imidazole rings is 1. The molecule has 4 heteroatoms. The fraction of sp³-hybridized carbons (Fsp3) is 0.636. The van der Waals surface area contributed by atoms with Crippen LogP contribution in [-0.4, -0.2) is 28.0 Å². The highest BCUT2D eigenvalue weighted by Gasteiger charge is 2.22. The van der Waals surface area contributed by atoms with Gasteiger partial charge in [-0.3, -0.25) is 9.36 Å². The van der Waals surface area contributed by atoms with Gasteiger partial charge in [-0.25, -0.2) is 4.98 Å². The molecule has 1 aromatic heterocycles. The van der Waals surface area contributed by atoms with Crippen molar-refractivity contribution in [1.29, 1.82) is 0 Å². The molecule has 1 unspecified atom stereocenters. The summed E-state index contributed by atoms with van der Waals surface area (Å²) in [5.74, 6) is 0.997. The van der Waals surface area contributed by atoms with Crippen molar-refractivity contribution in [3.63, 3.8) is 0 Å². The lowest BCUT2D eigenvalue weighted by atomic mass is 10.0. The Hall–Kier alpha value is -1.16. The minimum absolute atomic E-state index is 0.0155. The van der Waals surface area contributed by atoms with Gasteiger partial charge in [-0.2, -0.15) is 0 Å². The second-order valence-electron chi connectivity index (χ2n) is 3.91. The number of piperidine rings is 1. The van der Waals surface area contributed by atoms with Crippen LogP contribution in [0.3, 0.4) is 0 Å². The smallest absolute Gasteiger partial charge is 0.249 e. The zero-order valence-corrected chi connectivity index (χ0v) is 9.07. The normalized spacial score (nSPS) is 21.5. The number of aromatic nitrogens is 2. The van der Waals surface area contributed by atoms with E-state index >= 15 is 0 Å². The number of hydrogen-bond donors (Lipinski definition) is 1. The Balaban J connectivity index is 2.12. The molecule has 0 radical (unpaired) electrons. The molecule has 0 amide bonds. The summed E-state index contributed by atoms with van der Waals surface area (Å²) < 4.78 is 1.68. The van der Waals surface area contributed by atoms with E-state index in [-0.39, 0.29) is 11.9 Å². The highest BCUT2D eigenvalue weighted by molar-refractivity contribution is 5.84. The largest absolute Gasteiger partial charge is 0.306 e. The average molecular weight is 207 g/mol. The van der Waals surface area contributed by atoms with Crippen LogP contribution in [0, 0.1) is 0 Å². The quantitative estimate of drug-likeness (QED) is 0.793. The number of carbonyl (C=O) groups is 1. The van der Waals surface area contributed by atoms with Crippen molar-refractivity contribution in [2.75, 3.05) is 6.54 Å². The highest BCUT2D eigenvalue weighted by Crippen LogP contribution is 2.10. The van der Waals surface area contributed by atoms with E-state index in [9.17, 15) is 4.79 Å². The molecule has 1 aliphatic heterocycles. The topological polar surface area (TPSA) is 46.9 Å². The van der Waals surface area contributed by atoms with Gasteiger partial charge < -0.3 is 5.32 Å². The first-order valence-electron chi connectivity index (χ1n) is 5.62. The standard InChI is InChI=1S/C11H17N3O/c1-2-10-13-7-8-14(10)11(15)9-5-3-4-6-12-9/h7-9,12H,2-6H2,1H3. The van der Waals surface area contributed by atoms with E-state index in [0.717, 1.165) is 31.6 Å². The Morgan fingerprint density at radius 3 is 3.20 bits per heavy atom. The third kappa shape index (κ3) is 2.09. The van der Waals surface area contributed by atoms with E-state index in [1.807, 2.05) is 6.92 Å². The van der Waals surface area contributed by atoms with E-state index < -0.39 is 0 Å². The lowest BCUT2D eigenvalue weighted by Gasteiger charge is -2.22. The van der Waals surface area contributed by atoms with Crippen LogP contribution in [0.1, 0.15) is 36.8 Å². The minimum atomic E-state index is -0.0155. The molecule has 1 atom stereocenters. The minimum Gasteiger partial charge on any atom is -0.306 e. The molecule has 1 fully saturated rings. The van der Waals surface area contributed by atoms with Crippen LogP contribution >= 0.6 is 0 Å². The fourth-order valence-electron chi connectivity index (χ4n) is 2.03. The Morgan fingerprint density at radius 2 is 2.53 bits per heavy atom. The van der Waals surface area contributed by atoms with Crippen molar-refractivity contribution >= 4 is 5.91 Å². The van der Waals surface area contributed by atoms with E-state index in [1.165, 1.54) is 6.42 Å². The zero-order chi connectivity index (χ0) is 10.7. The Bertz CT molecular complexity index is 339. The molecular weight excluding hydrogens is 190 g/mol. The first-order chi connectivity index (χ1) is 7.33. The van der Waals surface area contributed by atoms with E-state index in [1.54, 1.807) is 17.0 Å². The van der Waals surface area contributed by atoms with Gasteiger partial charge in [0.15, 0.2) is 0 Å². The number of carbonyl (C=O) groups excluding carboxylic acids is 1. The van der Waals surface area contributed by atoms with Crippen molar-refractivity contribution in [3.8, 4) is 0 Å². The molecule has 0 aromatic carbocycles. The summed E-state index contributed by atoms with van der Waals surface area (Å²) in [6.45, 7) is 2.97. The van der Waals surface area contributed by atoms with Gasteiger partial charge in [0.1, 0.15) is 5.82 Å². The molecule has 0 saturated carbocycles. The van der Waals surface area contributed by atoms with Crippen molar-refractivity contribution < 1.29 is 4.79 Å². The second-order valence-corrected chi connectivity index (χ2v) is 3.91. The SMILES string of the molecule is CCc1nccn1C(=O)C1CCCCN1. The molecule has 15 heavy (non-hydrogen) atoms. The lowest BCUT2D eigenvalue weighted by Crippen LogP contribution is -2.43. The number of rotatable bonds is 2. The molecule has 2 rings (SSSR count). The molecule has 1 N–H and O–H groups in total. The molecule has 0 aliphatic carbocycles. The summed E-state index contributed by atoms with van der Waals surface area (Å²) in [5, 5.41) is 3.26. The first-order valence-corrected chi connectivity index (χ1v) is 5.62. The van der Waals surface area contributed by atoms with E-state index in [4.69, 9.17) is 0 Å². The van der Waals surface area contributed by atoms with Crippen molar-refractivity contribution in [2.45, 2.75) is 38.6 Å². The third-order valence-electron chi connectivity index (χ3n) is 2.88. The molecule has 0 bridgehead atoms. The summed E-state index contributed by atoms with van der Waals surface area (Å²) in [5.41, 5.74) is 0. The number of nitrogens with one attached hydrogen (secondary N) is 1. The fourth-order valence-corrected chi connectivity index (χ4v) is 2.03. The summed E-state index contributed by atoms with van der Waals surface area (Å²) in [4.78, 5) is 16.3. The van der Waals surface area contributed by atoms with Crippen LogP contribution in [0.5, 0.6) is 0 Å². The number of hydrogen-bond acceptors (Lipinski definition) is 3. The number of aryl methyl sites for hydroxylation is 1. The molecule has 1 aromatic rings. The average Bonchev–Trinajstić information content (AvgIpc) is 2.77. The van der Waals surface area contributed by atoms with Crippen LogP contribution in [0.2, 0.25) is 0 Å². The Kier molecular flexibility index (Phi) is 3.16. The maximum Gasteiger partial charge on any atom is 0.249 e. The molecule has 1 saturated heterocycles. The Morgan fingerprint density at radius 1 is 1.67 bits per heavy atom. The van der Waals surface area contributed by atoms with Gasteiger partial charge in [0.2, 0.25) is 5.91 Å². The third-order valence-corrected chi connectivity index (χ3v) is 2.88. The van der Waals surface area contributed by atoms with Crippen LogP contribution < -0.4 is 5.32 Å². The molecule has 2 heterocycles. The van der Waals surface area contributed by atoms with Crippen LogP contribution in [-0.2, 0) is 6.42 Å². The van der Waals surface area contributed by atoms with Gasteiger partial charge in [-0.1, -0.05) is 13.3 Å². The van der Waals surface area contributed by atoms with Crippen LogP contribution in [0.25, 0.3) is 0 Å². The van der Waals surface area contributed by atoms with E-state index in [2.05, 4.69) is 10.3 Å². The second kappa shape index (κ2) is 4.57. The molecule has 1 aliphatic rings. The van der Waals surface area contributed by atoms with Gasteiger partial charge in [-0.15, -0.1) is 0 Å². The van der Waals surface area contributed by atoms with Crippen LogP contribution in [0.4, 0.5) is 0 Å². The maximum absolute atomic E-state index is 12.1. The summed E-state index contributed by atoms with van der Waals surface area (Å²) >= 11 is 0. The maximum atomic E-state index is 12.1. The highest BCUT2D eigenvalue weighted by atomic mass is 16.2. The molecule has 4 nitrogen and oxygen atoms in total. The zero-order valence-electron chi connectivity index (χ0n) is 9.07. The monoisotopic (exact) mass is 207 g/mol. The lowest BCUT2D eigenvalue weighted by molar-refractivity contribution is 0.0839. The molecule has 82 valence electrons. The van der Waals surface area contributed by atoms with Gasteiger partial charge in [-0.05, 0) is 19.4 Å². The number of nitrogens with zero attached hydrogens (tertiary/aromatic N) is 2. The van der Waals surface area contributed by atoms with Crippen molar-refractivity contribution in [2.24, 2.45) is 0 Å². The predicted octanol–water partition coefficient (Wildman–Crippen LogP) is 1.23. The van der Waals surface area contributed by atoms with Crippen molar-refractivity contribution in [3.05, 3.63) is 18.2 Å². The predicted molar refractivity (Wildman–Crippen MR) is 57.9 cm³/mol. The van der Waals surface area contributed by atoms with Gasteiger partial charge in [0.25, 0.3) is 0 Å². The summed E-state index contributed by atoms with van der Waals surface area (Å²) in [6, 6.07) is -0.0155. The van der Waals surface area contributed by atoms with E-state index in [0.29, 0.717) is 0 Å². The summed E-state index contributed by atoms with van der Waals surface area (Å²) in [7, 11) is 0. The summed E-state index contributed by atoms with van der Waals surface area (Å²) in [6.07, 6.45) is 7.51. The molecule has 0 spiro atoms. The van der Waals surface area contributed by atoms with Gasteiger partial charge >= 0.3 is 0 Å².